The Balaban J connectivity index is 3.21. The Bertz CT molecular complexity index is 1190. The molecule has 0 aromatic rings. The molecule has 278 valence electrons. The van der Waals surface area contributed by atoms with Crippen LogP contribution in [-0.4, -0.2) is 107 Å². The summed E-state index contributed by atoms with van der Waals surface area (Å²) in [7, 11) is 0. The van der Waals surface area contributed by atoms with Gasteiger partial charge in [-0.15, -0.1) is 0 Å². The highest BCUT2D eigenvalue weighted by Gasteiger charge is 2.33. The Morgan fingerprint density at radius 3 is 1.69 bits per heavy atom. The summed E-state index contributed by atoms with van der Waals surface area (Å²) in [6.07, 6.45) is 1.26. The second-order valence-corrected chi connectivity index (χ2v) is 13.1. The lowest BCUT2D eigenvalue weighted by Gasteiger charge is -2.28. The van der Waals surface area contributed by atoms with E-state index in [-0.39, 0.29) is 62.4 Å². The molecule has 18 nitrogen and oxygen atoms in total. The van der Waals surface area contributed by atoms with Crippen molar-refractivity contribution in [2.45, 2.75) is 122 Å². The van der Waals surface area contributed by atoms with Gasteiger partial charge in [0.25, 0.3) is 0 Å². The Labute approximate surface area is 286 Å². The molecule has 0 spiro atoms. The van der Waals surface area contributed by atoms with E-state index in [4.69, 9.17) is 11.5 Å². The van der Waals surface area contributed by atoms with Gasteiger partial charge in [-0.1, -0.05) is 27.7 Å². The van der Waals surface area contributed by atoms with Gasteiger partial charge in [0.2, 0.25) is 29.5 Å². The second-order valence-electron chi connectivity index (χ2n) is 13.1. The van der Waals surface area contributed by atoms with Crippen molar-refractivity contribution >= 4 is 47.4 Å². The number of aliphatic imine (C=N–C) groups is 1. The van der Waals surface area contributed by atoms with Crippen LogP contribution in [0.2, 0.25) is 0 Å². The maximum atomic E-state index is 13.6. The van der Waals surface area contributed by atoms with Crippen LogP contribution in [0.4, 0.5) is 0 Å². The third kappa shape index (κ3) is 17.0. The molecular formula is C31H55N9O9. The number of guanidine groups is 1. The van der Waals surface area contributed by atoms with E-state index in [0.29, 0.717) is 13.0 Å². The van der Waals surface area contributed by atoms with Gasteiger partial charge in [0.15, 0.2) is 5.96 Å². The van der Waals surface area contributed by atoms with Gasteiger partial charge < -0.3 is 53.6 Å². The summed E-state index contributed by atoms with van der Waals surface area (Å²) < 4.78 is 0. The summed E-state index contributed by atoms with van der Waals surface area (Å²) in [5.41, 5.74) is 10.7. The van der Waals surface area contributed by atoms with E-state index in [1.54, 1.807) is 13.8 Å². The normalized spacial score (nSPS) is 17.2. The molecule has 1 rings (SSSR count). The minimum Gasteiger partial charge on any atom is -0.481 e. The van der Waals surface area contributed by atoms with Gasteiger partial charge in [0, 0.05) is 13.0 Å². The number of carboxylic acid groups (broad SMARTS) is 2. The molecule has 0 aliphatic carbocycles. The average Bonchev–Trinajstić information content (AvgIpc) is 3.54. The van der Waals surface area contributed by atoms with E-state index < -0.39 is 78.2 Å². The molecule has 6 atom stereocenters. The Morgan fingerprint density at radius 1 is 0.735 bits per heavy atom. The van der Waals surface area contributed by atoms with Crippen molar-refractivity contribution in [2.24, 2.45) is 28.3 Å². The third-order valence-corrected chi connectivity index (χ3v) is 7.64. The highest BCUT2D eigenvalue weighted by atomic mass is 16.4. The minimum absolute atomic E-state index is 0.0129. The fraction of sp³-hybridized carbons (Fsp3) is 0.742. The molecule has 0 aromatic carbocycles. The van der Waals surface area contributed by atoms with E-state index in [9.17, 15) is 43.8 Å². The number of hydrogen-bond donors (Lipinski definition) is 10. The number of nitrogens with one attached hydrogen (secondary N) is 6. The average molecular weight is 698 g/mol. The zero-order valence-electron chi connectivity index (χ0n) is 29.0. The first-order valence-corrected chi connectivity index (χ1v) is 16.7. The van der Waals surface area contributed by atoms with Crippen LogP contribution in [0.15, 0.2) is 4.99 Å². The number of hydrogen-bond acceptors (Lipinski definition) is 9. The molecule has 1 heterocycles. The number of carbonyl (C=O) groups excluding carboxylic acids is 5. The number of nitrogens with two attached hydrogens (primary N) is 2. The fourth-order valence-corrected chi connectivity index (χ4v) is 5.09. The van der Waals surface area contributed by atoms with Gasteiger partial charge in [-0.3, -0.25) is 38.6 Å². The molecular weight excluding hydrogens is 642 g/mol. The largest absolute Gasteiger partial charge is 0.481 e. The highest BCUT2D eigenvalue weighted by Crippen LogP contribution is 2.12. The minimum atomic E-state index is -1.38. The van der Waals surface area contributed by atoms with Crippen molar-refractivity contribution < 1.29 is 43.8 Å². The summed E-state index contributed by atoms with van der Waals surface area (Å²) in [5.74, 6) is -6.23. The molecule has 1 aliphatic rings. The topological polar surface area (TPSA) is 297 Å². The van der Waals surface area contributed by atoms with Crippen LogP contribution in [-0.2, 0) is 33.6 Å². The van der Waals surface area contributed by atoms with Crippen LogP contribution in [0.25, 0.3) is 0 Å². The lowest BCUT2D eigenvalue weighted by atomic mass is 10.00. The molecule has 5 amide bonds. The Hall–Kier alpha value is -4.48. The molecule has 12 N–H and O–H groups in total. The summed E-state index contributed by atoms with van der Waals surface area (Å²) in [6, 6.07) is -6.52. The molecule has 0 bridgehead atoms. The number of rotatable bonds is 22. The van der Waals surface area contributed by atoms with Crippen molar-refractivity contribution in [2.75, 3.05) is 13.1 Å². The number of carbonyl (C=O) groups is 7. The van der Waals surface area contributed by atoms with E-state index in [2.05, 4.69) is 36.9 Å². The predicted molar refractivity (Wildman–Crippen MR) is 180 cm³/mol. The van der Waals surface area contributed by atoms with E-state index in [0.717, 1.165) is 6.42 Å². The van der Waals surface area contributed by atoms with Gasteiger partial charge >= 0.3 is 11.9 Å². The molecule has 1 aliphatic heterocycles. The summed E-state index contributed by atoms with van der Waals surface area (Å²) in [5, 5.41) is 34.4. The maximum absolute atomic E-state index is 13.6. The Morgan fingerprint density at radius 2 is 1.22 bits per heavy atom. The van der Waals surface area contributed by atoms with Gasteiger partial charge in [-0.05, 0) is 70.3 Å². The van der Waals surface area contributed by atoms with Gasteiger partial charge in [-0.2, -0.15) is 0 Å². The van der Waals surface area contributed by atoms with Crippen LogP contribution in [0.3, 0.4) is 0 Å². The van der Waals surface area contributed by atoms with E-state index in [1.807, 2.05) is 13.8 Å². The predicted octanol–water partition coefficient (Wildman–Crippen LogP) is -1.72. The summed E-state index contributed by atoms with van der Waals surface area (Å²) >= 11 is 0. The van der Waals surface area contributed by atoms with Crippen molar-refractivity contribution in [3.05, 3.63) is 0 Å². The van der Waals surface area contributed by atoms with E-state index in [1.165, 1.54) is 6.92 Å². The zero-order valence-corrected chi connectivity index (χ0v) is 29.0. The molecule has 1 saturated heterocycles. The molecule has 49 heavy (non-hydrogen) atoms. The fourth-order valence-electron chi connectivity index (χ4n) is 5.09. The van der Waals surface area contributed by atoms with Crippen molar-refractivity contribution in [3.8, 4) is 0 Å². The summed E-state index contributed by atoms with van der Waals surface area (Å²) in [4.78, 5) is 93.0. The first-order valence-electron chi connectivity index (χ1n) is 16.7. The first-order chi connectivity index (χ1) is 22.9. The highest BCUT2D eigenvalue weighted by molar-refractivity contribution is 5.96. The molecule has 18 heteroatoms. The van der Waals surface area contributed by atoms with Crippen molar-refractivity contribution in [1.82, 2.24) is 31.9 Å². The lowest BCUT2D eigenvalue weighted by Crippen LogP contribution is -2.59. The van der Waals surface area contributed by atoms with Gasteiger partial charge in [0.1, 0.15) is 30.2 Å². The molecule has 1 fully saturated rings. The number of amides is 5. The second kappa shape index (κ2) is 21.5. The molecule has 0 aromatic heterocycles. The maximum Gasteiger partial charge on any atom is 0.325 e. The summed E-state index contributed by atoms with van der Waals surface area (Å²) in [6.45, 7) is 9.37. The lowest BCUT2D eigenvalue weighted by molar-refractivity contribution is -0.142. The smallest absolute Gasteiger partial charge is 0.325 e. The third-order valence-electron chi connectivity index (χ3n) is 7.64. The van der Waals surface area contributed by atoms with Crippen LogP contribution < -0.4 is 43.4 Å². The quantitative estimate of drug-likeness (QED) is 0.0343. The van der Waals surface area contributed by atoms with Gasteiger partial charge in [-0.25, -0.2) is 0 Å². The van der Waals surface area contributed by atoms with Crippen LogP contribution >= 0.6 is 0 Å². The zero-order chi connectivity index (χ0) is 37.3. The SMILES string of the molecule is CC(C)C[C@H](NC(=O)[C@@H]1CCCN1)C(=O)N[C@@H](CCC(=O)O)C(=O)N[C@@H](CC(C)C)C(=O)N[C@@H](CCCN=C(N)N)C(=O)N[C@@H](C)C(=O)O. The standard InChI is InChI=1S/C31H55N9O9/c1-16(2)14-22(39-25(43)19-8-6-12-34-19)29(47)38-21(10-11-24(41)42)27(45)40-23(15-17(3)4)28(46)37-20(9-7-13-35-31(32)33)26(44)36-18(5)30(48)49/h16-23,34H,6-15H2,1-5H3,(H,36,44)(H,37,46)(H,38,47)(H,39,43)(H,40,45)(H,41,42)(H,48,49)(H4,32,33,35)/t18-,19-,20-,21-,22-,23-/m0/s1. The molecule has 0 radical (unpaired) electrons. The van der Waals surface area contributed by atoms with Gasteiger partial charge in [0.05, 0.1) is 6.04 Å². The number of carboxylic acids is 2. The van der Waals surface area contributed by atoms with E-state index >= 15 is 0 Å². The first kappa shape index (κ1) is 42.5. The Kier molecular flexibility index (Phi) is 18.7. The number of aliphatic carboxylic acids is 2. The van der Waals surface area contributed by atoms with Crippen LogP contribution in [0.1, 0.15) is 86.0 Å². The monoisotopic (exact) mass is 697 g/mol. The van der Waals surface area contributed by atoms with Crippen LogP contribution in [0.5, 0.6) is 0 Å². The van der Waals surface area contributed by atoms with Crippen LogP contribution in [0, 0.1) is 11.8 Å². The molecule has 0 saturated carbocycles. The molecule has 0 unspecified atom stereocenters. The number of nitrogens with zero attached hydrogens (tertiary/aromatic N) is 1. The van der Waals surface area contributed by atoms with Crippen molar-refractivity contribution in [3.63, 3.8) is 0 Å². The van der Waals surface area contributed by atoms with Crippen molar-refractivity contribution in [1.29, 1.82) is 0 Å².